The van der Waals surface area contributed by atoms with Crippen molar-refractivity contribution in [2.45, 2.75) is 51.0 Å². The topological polar surface area (TPSA) is 52.0 Å². The van der Waals surface area contributed by atoms with E-state index in [0.717, 1.165) is 5.76 Å². The summed E-state index contributed by atoms with van der Waals surface area (Å²) in [4.78, 5) is 4.21. The molecule has 3 heteroatoms. The lowest BCUT2D eigenvalue weighted by Gasteiger charge is -2.19. The Morgan fingerprint density at radius 3 is 2.64 bits per heavy atom. The highest BCUT2D eigenvalue weighted by Crippen LogP contribution is 2.40. The van der Waals surface area contributed by atoms with E-state index in [0.29, 0.717) is 5.89 Å². The van der Waals surface area contributed by atoms with Crippen LogP contribution in [0.25, 0.3) is 0 Å². The first-order valence-corrected chi connectivity index (χ1v) is 5.34. The summed E-state index contributed by atoms with van der Waals surface area (Å²) in [5, 5.41) is 0. The molecule has 14 heavy (non-hydrogen) atoms. The Bertz CT molecular complexity index is 311. The van der Waals surface area contributed by atoms with Crippen LogP contribution >= 0.6 is 0 Å². The summed E-state index contributed by atoms with van der Waals surface area (Å²) >= 11 is 0. The lowest BCUT2D eigenvalue weighted by Crippen LogP contribution is -2.15. The van der Waals surface area contributed by atoms with Crippen molar-refractivity contribution >= 4 is 0 Å². The molecule has 0 aromatic carbocycles. The minimum Gasteiger partial charge on any atom is -0.443 e. The second kappa shape index (κ2) is 3.39. The van der Waals surface area contributed by atoms with Crippen LogP contribution in [0.15, 0.2) is 10.6 Å². The van der Waals surface area contributed by atoms with Crippen molar-refractivity contribution in [2.75, 3.05) is 0 Å². The molecule has 1 fully saturated rings. The van der Waals surface area contributed by atoms with Gasteiger partial charge in [0.1, 0.15) is 5.76 Å². The first-order valence-electron chi connectivity index (χ1n) is 5.34. The van der Waals surface area contributed by atoms with E-state index in [9.17, 15) is 0 Å². The zero-order chi connectivity index (χ0) is 10.2. The smallest absolute Gasteiger partial charge is 0.211 e. The summed E-state index contributed by atoms with van der Waals surface area (Å²) in [5.41, 5.74) is 5.92. The molecule has 1 aliphatic carbocycles. The number of hydrogen-bond donors (Lipinski definition) is 1. The van der Waals surface area contributed by atoms with Gasteiger partial charge in [-0.05, 0) is 19.8 Å². The molecular formula is C11H18N2O. The van der Waals surface area contributed by atoms with Crippen molar-refractivity contribution in [3.05, 3.63) is 17.8 Å². The summed E-state index contributed by atoms with van der Waals surface area (Å²) < 4.78 is 5.70. The van der Waals surface area contributed by atoms with E-state index in [1.807, 2.05) is 13.1 Å². The third-order valence-electron chi connectivity index (χ3n) is 3.22. The van der Waals surface area contributed by atoms with Crippen LogP contribution in [0, 0.1) is 0 Å². The van der Waals surface area contributed by atoms with Gasteiger partial charge < -0.3 is 10.2 Å². The third kappa shape index (κ3) is 1.57. The Kier molecular flexibility index (Phi) is 2.35. The van der Waals surface area contributed by atoms with Crippen LogP contribution < -0.4 is 5.73 Å². The molecule has 78 valence electrons. The fourth-order valence-corrected chi connectivity index (χ4v) is 2.18. The zero-order valence-corrected chi connectivity index (χ0v) is 8.92. The molecule has 0 bridgehead atoms. The minimum atomic E-state index is -0.103. The summed E-state index contributed by atoms with van der Waals surface area (Å²) in [6.07, 6.45) is 6.86. The molecule has 2 N–H and O–H groups in total. The molecule has 0 aliphatic heterocycles. The molecule has 0 amide bonds. The van der Waals surface area contributed by atoms with E-state index < -0.39 is 0 Å². The average Bonchev–Trinajstić information content (AvgIpc) is 2.71. The van der Waals surface area contributed by atoms with E-state index >= 15 is 0 Å². The SMILES string of the molecule is CC(N)c1ncc(C2(C)CCCC2)o1. The van der Waals surface area contributed by atoms with Gasteiger partial charge in [0.05, 0.1) is 12.2 Å². The number of rotatable bonds is 2. The molecule has 1 aromatic heterocycles. The zero-order valence-electron chi connectivity index (χ0n) is 8.92. The monoisotopic (exact) mass is 194 g/mol. The third-order valence-corrected chi connectivity index (χ3v) is 3.22. The molecule has 1 aromatic rings. The standard InChI is InChI=1S/C11H18N2O/c1-8(12)10-13-7-9(14-10)11(2)5-3-4-6-11/h7-8H,3-6,12H2,1-2H3. The largest absolute Gasteiger partial charge is 0.443 e. The number of oxazole rings is 1. The van der Waals surface area contributed by atoms with Crippen molar-refractivity contribution in [1.29, 1.82) is 0 Å². The van der Waals surface area contributed by atoms with Crippen molar-refractivity contribution in [3.8, 4) is 0 Å². The number of hydrogen-bond acceptors (Lipinski definition) is 3. The Morgan fingerprint density at radius 1 is 1.50 bits per heavy atom. The van der Waals surface area contributed by atoms with Crippen LogP contribution in [-0.4, -0.2) is 4.98 Å². The van der Waals surface area contributed by atoms with E-state index in [-0.39, 0.29) is 11.5 Å². The van der Waals surface area contributed by atoms with Crippen LogP contribution in [-0.2, 0) is 5.41 Å². The molecule has 3 nitrogen and oxygen atoms in total. The molecule has 1 unspecified atom stereocenters. The summed E-state index contributed by atoms with van der Waals surface area (Å²) in [6.45, 7) is 4.15. The predicted molar refractivity (Wildman–Crippen MR) is 54.9 cm³/mol. The molecule has 1 saturated carbocycles. The molecule has 1 aliphatic rings. The van der Waals surface area contributed by atoms with Crippen molar-refractivity contribution < 1.29 is 4.42 Å². The van der Waals surface area contributed by atoms with Gasteiger partial charge in [-0.25, -0.2) is 4.98 Å². The number of nitrogens with zero attached hydrogens (tertiary/aromatic N) is 1. The van der Waals surface area contributed by atoms with Gasteiger partial charge in [-0.1, -0.05) is 19.8 Å². The van der Waals surface area contributed by atoms with Gasteiger partial charge in [-0.15, -0.1) is 0 Å². The second-order valence-electron chi connectivity index (χ2n) is 4.62. The number of nitrogens with two attached hydrogens (primary N) is 1. The van der Waals surface area contributed by atoms with Gasteiger partial charge in [-0.3, -0.25) is 0 Å². The van der Waals surface area contributed by atoms with Gasteiger partial charge in [0.2, 0.25) is 5.89 Å². The van der Waals surface area contributed by atoms with Crippen molar-refractivity contribution in [1.82, 2.24) is 4.98 Å². The van der Waals surface area contributed by atoms with Gasteiger partial charge >= 0.3 is 0 Å². The lowest BCUT2D eigenvalue weighted by atomic mass is 9.87. The van der Waals surface area contributed by atoms with Crippen LogP contribution in [0.4, 0.5) is 0 Å². The predicted octanol–water partition coefficient (Wildman–Crippen LogP) is 2.53. The maximum Gasteiger partial charge on any atom is 0.211 e. The molecule has 0 radical (unpaired) electrons. The maximum atomic E-state index is 5.71. The van der Waals surface area contributed by atoms with E-state index in [2.05, 4.69) is 11.9 Å². The second-order valence-corrected chi connectivity index (χ2v) is 4.62. The van der Waals surface area contributed by atoms with Gasteiger partial charge in [0, 0.05) is 5.41 Å². The fourth-order valence-electron chi connectivity index (χ4n) is 2.18. The van der Waals surface area contributed by atoms with Gasteiger partial charge in [0.15, 0.2) is 0 Å². The Labute approximate surface area is 84.7 Å². The molecular weight excluding hydrogens is 176 g/mol. The number of aromatic nitrogens is 1. The molecule has 1 heterocycles. The van der Waals surface area contributed by atoms with Crippen LogP contribution in [0.2, 0.25) is 0 Å². The highest BCUT2D eigenvalue weighted by Gasteiger charge is 2.34. The van der Waals surface area contributed by atoms with Crippen LogP contribution in [0.3, 0.4) is 0 Å². The Balaban J connectivity index is 2.23. The highest BCUT2D eigenvalue weighted by atomic mass is 16.4. The first kappa shape index (κ1) is 9.71. The summed E-state index contributed by atoms with van der Waals surface area (Å²) in [6, 6.07) is -0.103. The first-order chi connectivity index (χ1) is 6.62. The van der Waals surface area contributed by atoms with Crippen molar-refractivity contribution in [3.63, 3.8) is 0 Å². The van der Waals surface area contributed by atoms with Crippen LogP contribution in [0.5, 0.6) is 0 Å². The van der Waals surface area contributed by atoms with Gasteiger partial charge in [-0.2, -0.15) is 0 Å². The average molecular weight is 194 g/mol. The Hall–Kier alpha value is -0.830. The minimum absolute atomic E-state index is 0.103. The van der Waals surface area contributed by atoms with E-state index in [1.54, 1.807) is 0 Å². The quantitative estimate of drug-likeness (QED) is 0.787. The van der Waals surface area contributed by atoms with Gasteiger partial charge in [0.25, 0.3) is 0 Å². The van der Waals surface area contributed by atoms with E-state index in [1.165, 1.54) is 25.7 Å². The van der Waals surface area contributed by atoms with Crippen LogP contribution in [0.1, 0.15) is 57.2 Å². The molecule has 0 saturated heterocycles. The molecule has 0 spiro atoms. The maximum absolute atomic E-state index is 5.71. The molecule has 2 rings (SSSR count). The Morgan fingerprint density at radius 2 is 2.14 bits per heavy atom. The fraction of sp³-hybridized carbons (Fsp3) is 0.727. The highest BCUT2D eigenvalue weighted by molar-refractivity contribution is 5.12. The summed E-state index contributed by atoms with van der Waals surface area (Å²) in [5.74, 6) is 1.68. The summed E-state index contributed by atoms with van der Waals surface area (Å²) in [7, 11) is 0. The normalized spacial score (nSPS) is 22.5. The lowest BCUT2D eigenvalue weighted by molar-refractivity contribution is 0.339. The molecule has 1 atom stereocenters. The van der Waals surface area contributed by atoms with Crippen molar-refractivity contribution in [2.24, 2.45) is 5.73 Å². The van der Waals surface area contributed by atoms with E-state index in [4.69, 9.17) is 10.2 Å².